The number of halogens is 1. The van der Waals surface area contributed by atoms with E-state index in [0.29, 0.717) is 12.4 Å². The van der Waals surface area contributed by atoms with Gasteiger partial charge in [-0.05, 0) is 29.3 Å². The summed E-state index contributed by atoms with van der Waals surface area (Å²) in [6, 6.07) is 0. The van der Waals surface area contributed by atoms with Crippen LogP contribution in [-0.2, 0) is 0 Å². The molecule has 6 heteroatoms. The maximum atomic E-state index is 10.1. The van der Waals surface area contributed by atoms with Gasteiger partial charge in [-0.2, -0.15) is 0 Å². The zero-order valence-electron chi connectivity index (χ0n) is 10.5. The van der Waals surface area contributed by atoms with Gasteiger partial charge in [0, 0.05) is 25.1 Å². The van der Waals surface area contributed by atoms with Crippen molar-refractivity contribution in [3.8, 4) is 0 Å². The van der Waals surface area contributed by atoms with Gasteiger partial charge in [-0.25, -0.2) is 9.97 Å². The molecular formula is C12H17BrN4O. The van der Waals surface area contributed by atoms with Gasteiger partial charge in [0.2, 0.25) is 0 Å². The minimum absolute atomic E-state index is 0.451. The van der Waals surface area contributed by atoms with Gasteiger partial charge < -0.3 is 14.8 Å². The molecule has 98 valence electrons. The highest BCUT2D eigenvalue weighted by atomic mass is 79.9. The molecule has 0 aliphatic carbocycles. The van der Waals surface area contributed by atoms with Crippen molar-refractivity contribution in [2.45, 2.75) is 32.3 Å². The summed E-state index contributed by atoms with van der Waals surface area (Å²) in [6.45, 7) is 4.33. The molecule has 0 aliphatic heterocycles. The van der Waals surface area contributed by atoms with Crippen molar-refractivity contribution in [3.63, 3.8) is 0 Å². The minimum atomic E-state index is -0.734. The van der Waals surface area contributed by atoms with E-state index in [9.17, 15) is 5.11 Å². The number of fused-ring (bicyclic) bond motifs is 1. The van der Waals surface area contributed by atoms with Crippen LogP contribution in [0.25, 0.3) is 5.65 Å². The maximum absolute atomic E-state index is 10.1. The Bertz CT molecular complexity index is 538. The van der Waals surface area contributed by atoms with Crippen LogP contribution in [0.5, 0.6) is 0 Å². The van der Waals surface area contributed by atoms with E-state index in [4.69, 9.17) is 0 Å². The van der Waals surface area contributed by atoms with Gasteiger partial charge in [-0.1, -0.05) is 13.3 Å². The largest absolute Gasteiger partial charge is 0.388 e. The quantitative estimate of drug-likeness (QED) is 0.890. The van der Waals surface area contributed by atoms with Crippen LogP contribution in [-0.4, -0.2) is 31.6 Å². The monoisotopic (exact) mass is 312 g/mol. The molecule has 2 aromatic heterocycles. The highest BCUT2D eigenvalue weighted by molar-refractivity contribution is 9.10. The van der Waals surface area contributed by atoms with Crippen LogP contribution in [0.1, 0.15) is 26.7 Å². The molecule has 0 bridgehead atoms. The smallest absolute Gasteiger partial charge is 0.180 e. The molecule has 0 fully saturated rings. The summed E-state index contributed by atoms with van der Waals surface area (Å²) in [5, 5.41) is 13.3. The van der Waals surface area contributed by atoms with E-state index in [1.54, 1.807) is 6.20 Å². The predicted octanol–water partition coefficient (Wildman–Crippen LogP) is 2.45. The lowest BCUT2D eigenvalue weighted by Gasteiger charge is -2.23. The van der Waals surface area contributed by atoms with Crippen molar-refractivity contribution in [3.05, 3.63) is 23.2 Å². The average Bonchev–Trinajstić information content (AvgIpc) is 2.73. The van der Waals surface area contributed by atoms with Gasteiger partial charge in [-0.15, -0.1) is 0 Å². The molecule has 0 aliphatic rings. The highest BCUT2D eigenvalue weighted by Gasteiger charge is 2.19. The van der Waals surface area contributed by atoms with Crippen LogP contribution in [0.4, 0.5) is 5.82 Å². The summed E-state index contributed by atoms with van der Waals surface area (Å²) in [7, 11) is 0. The van der Waals surface area contributed by atoms with Crippen molar-refractivity contribution in [1.29, 1.82) is 0 Å². The Labute approximate surface area is 114 Å². The Hall–Kier alpha value is -1.14. The molecule has 1 unspecified atom stereocenters. The van der Waals surface area contributed by atoms with Crippen molar-refractivity contribution < 1.29 is 5.11 Å². The first-order valence-electron chi connectivity index (χ1n) is 5.97. The molecule has 2 aromatic rings. The fourth-order valence-electron chi connectivity index (χ4n) is 1.92. The first kappa shape index (κ1) is 13.3. The molecule has 0 saturated carbocycles. The number of nitrogens with zero attached hydrogens (tertiary/aromatic N) is 3. The van der Waals surface area contributed by atoms with Crippen molar-refractivity contribution in [1.82, 2.24) is 14.4 Å². The molecule has 0 radical (unpaired) electrons. The second kappa shape index (κ2) is 5.24. The zero-order chi connectivity index (χ0) is 13.2. The number of aliphatic hydroxyl groups is 1. The van der Waals surface area contributed by atoms with Crippen LogP contribution in [0.15, 0.2) is 23.2 Å². The number of hydrogen-bond acceptors (Lipinski definition) is 4. The van der Waals surface area contributed by atoms with Crippen molar-refractivity contribution in [2.75, 3.05) is 11.9 Å². The minimum Gasteiger partial charge on any atom is -0.388 e. The molecular weight excluding hydrogens is 296 g/mol. The van der Waals surface area contributed by atoms with Gasteiger partial charge in [0.1, 0.15) is 4.60 Å². The summed E-state index contributed by atoms with van der Waals surface area (Å²) in [4.78, 5) is 8.59. The Balaban J connectivity index is 2.19. The average molecular weight is 313 g/mol. The third-order valence-electron chi connectivity index (χ3n) is 2.77. The Morgan fingerprint density at radius 2 is 2.33 bits per heavy atom. The van der Waals surface area contributed by atoms with Gasteiger partial charge in [0.15, 0.2) is 11.5 Å². The van der Waals surface area contributed by atoms with E-state index < -0.39 is 5.60 Å². The summed E-state index contributed by atoms with van der Waals surface area (Å²) < 4.78 is 2.61. The molecule has 2 N–H and O–H groups in total. The van der Waals surface area contributed by atoms with Gasteiger partial charge in [0.05, 0.1) is 5.60 Å². The molecule has 2 heterocycles. The Kier molecular flexibility index (Phi) is 3.87. The van der Waals surface area contributed by atoms with E-state index in [-0.39, 0.29) is 0 Å². The number of hydrogen-bond donors (Lipinski definition) is 2. The number of nitrogens with one attached hydrogen (secondary N) is 1. The number of anilines is 1. The van der Waals surface area contributed by atoms with Crippen LogP contribution < -0.4 is 5.32 Å². The molecule has 0 amide bonds. The second-order valence-electron chi connectivity index (χ2n) is 4.67. The fraction of sp³-hybridized carbons (Fsp3) is 0.500. The second-order valence-corrected chi connectivity index (χ2v) is 5.48. The van der Waals surface area contributed by atoms with Crippen molar-refractivity contribution in [2.24, 2.45) is 0 Å². The number of imidazole rings is 1. The Morgan fingerprint density at radius 3 is 3.06 bits per heavy atom. The molecule has 1 atom stereocenters. The van der Waals surface area contributed by atoms with Crippen LogP contribution >= 0.6 is 15.9 Å². The molecule has 5 nitrogen and oxygen atoms in total. The number of rotatable bonds is 5. The summed E-state index contributed by atoms with van der Waals surface area (Å²) in [5.41, 5.74) is 0.0213. The summed E-state index contributed by atoms with van der Waals surface area (Å²) in [6.07, 6.45) is 7.12. The predicted molar refractivity (Wildman–Crippen MR) is 74.7 cm³/mol. The van der Waals surface area contributed by atoms with Crippen LogP contribution in [0.2, 0.25) is 0 Å². The lowest BCUT2D eigenvalue weighted by atomic mass is 10.0. The van der Waals surface area contributed by atoms with E-state index in [1.807, 2.05) is 23.7 Å². The van der Waals surface area contributed by atoms with E-state index in [1.165, 1.54) is 0 Å². The third kappa shape index (κ3) is 3.00. The van der Waals surface area contributed by atoms with E-state index >= 15 is 0 Å². The van der Waals surface area contributed by atoms with Gasteiger partial charge in [-0.3, -0.25) is 0 Å². The zero-order valence-corrected chi connectivity index (χ0v) is 12.1. The third-order valence-corrected chi connectivity index (χ3v) is 3.15. The standard InChI is InChI=1S/C12H17BrN4O/c1-3-4-12(2,18)8-15-10-11-14-5-6-17(11)7-9(13)16-10/h5-7,18H,3-4,8H2,1-2H3,(H,15,16). The van der Waals surface area contributed by atoms with Gasteiger partial charge in [0.25, 0.3) is 0 Å². The molecule has 0 aromatic carbocycles. The first-order chi connectivity index (χ1) is 8.52. The first-order valence-corrected chi connectivity index (χ1v) is 6.76. The number of aromatic nitrogens is 3. The van der Waals surface area contributed by atoms with Crippen molar-refractivity contribution >= 4 is 27.4 Å². The normalized spacial score (nSPS) is 14.7. The van der Waals surface area contributed by atoms with Gasteiger partial charge >= 0.3 is 0 Å². The molecule has 0 saturated heterocycles. The van der Waals surface area contributed by atoms with E-state index in [0.717, 1.165) is 23.1 Å². The molecule has 18 heavy (non-hydrogen) atoms. The lowest BCUT2D eigenvalue weighted by Crippen LogP contribution is -2.33. The summed E-state index contributed by atoms with van der Waals surface area (Å²) >= 11 is 3.36. The SMILES string of the molecule is CCCC(C)(O)CNc1nc(Br)cn2ccnc12. The Morgan fingerprint density at radius 1 is 1.56 bits per heavy atom. The molecule has 0 spiro atoms. The highest BCUT2D eigenvalue weighted by Crippen LogP contribution is 2.19. The fourth-order valence-corrected chi connectivity index (χ4v) is 2.32. The van der Waals surface area contributed by atoms with Crippen LogP contribution in [0, 0.1) is 0 Å². The summed E-state index contributed by atoms with van der Waals surface area (Å²) in [5.74, 6) is 0.672. The van der Waals surface area contributed by atoms with E-state index in [2.05, 4.69) is 38.1 Å². The topological polar surface area (TPSA) is 62.5 Å². The molecule has 2 rings (SSSR count). The van der Waals surface area contributed by atoms with Crippen LogP contribution in [0.3, 0.4) is 0 Å². The maximum Gasteiger partial charge on any atom is 0.180 e. The lowest BCUT2D eigenvalue weighted by molar-refractivity contribution is 0.0636.